The van der Waals surface area contributed by atoms with Gasteiger partial charge >= 0.3 is 5.97 Å². The summed E-state index contributed by atoms with van der Waals surface area (Å²) < 4.78 is 25.1. The highest BCUT2D eigenvalue weighted by Crippen LogP contribution is 2.39. The van der Waals surface area contributed by atoms with Gasteiger partial charge in [0.2, 0.25) is 6.79 Å². The number of H-pyrrole nitrogens is 1. The lowest BCUT2D eigenvalue weighted by atomic mass is 9.94. The van der Waals surface area contributed by atoms with Crippen molar-refractivity contribution in [3.63, 3.8) is 0 Å². The fourth-order valence-corrected chi connectivity index (χ4v) is 7.21. The summed E-state index contributed by atoms with van der Waals surface area (Å²) in [5.41, 5.74) is 1.55. The number of aryl methyl sites for hydroxylation is 1. The van der Waals surface area contributed by atoms with Crippen LogP contribution in [-0.4, -0.2) is 33.9 Å². The van der Waals surface area contributed by atoms with Crippen molar-refractivity contribution in [1.82, 2.24) is 14.5 Å². The fourth-order valence-electron chi connectivity index (χ4n) is 4.85. The van der Waals surface area contributed by atoms with Crippen LogP contribution in [0.4, 0.5) is 0 Å². The molecule has 11 nitrogen and oxygen atoms in total. The highest BCUT2D eigenvalue weighted by atomic mass is 79.9. The molecule has 1 aromatic carbocycles. The standard InChI is InChI=1S/C29H25BrN4O7S2/c1-4-6-18-23(26(37)38-5-2)24(15-7-8-19-20(10-15)40-13-39-19)34-25(36)21(42-29(34)32-18)12-16-11-17(30)27(41-16)43-28-31-14(3)9-22(35)33-28/h7-12,24H,4-6,13H2,1-3H3,(H,31,33,35)/b21-12+/t24-/m1/s1. The third-order valence-electron chi connectivity index (χ3n) is 6.59. The van der Waals surface area contributed by atoms with Crippen molar-refractivity contribution in [1.29, 1.82) is 0 Å². The molecule has 5 heterocycles. The van der Waals surface area contributed by atoms with Crippen LogP contribution in [-0.2, 0) is 9.53 Å². The maximum atomic E-state index is 14.0. The number of furan rings is 1. The number of rotatable bonds is 8. The highest BCUT2D eigenvalue weighted by Gasteiger charge is 2.35. The number of nitrogens with zero attached hydrogens (tertiary/aromatic N) is 3. The first-order valence-electron chi connectivity index (χ1n) is 13.4. The second-order valence-corrected chi connectivity index (χ2v) is 12.4. The molecule has 1 N–H and O–H groups in total. The van der Waals surface area contributed by atoms with E-state index in [4.69, 9.17) is 23.6 Å². The van der Waals surface area contributed by atoms with Gasteiger partial charge in [-0.1, -0.05) is 30.7 Å². The fraction of sp³-hybridized carbons (Fsp3) is 0.276. The van der Waals surface area contributed by atoms with Gasteiger partial charge in [0.25, 0.3) is 11.1 Å². The van der Waals surface area contributed by atoms with Crippen molar-refractivity contribution >= 4 is 51.1 Å². The molecule has 43 heavy (non-hydrogen) atoms. The number of carbonyl (C=O) groups excluding carboxylic acids is 1. The van der Waals surface area contributed by atoms with Crippen molar-refractivity contribution in [2.45, 2.75) is 49.9 Å². The zero-order valence-electron chi connectivity index (χ0n) is 23.3. The Labute approximate surface area is 261 Å². The Morgan fingerprint density at radius 1 is 1.23 bits per heavy atom. The predicted molar refractivity (Wildman–Crippen MR) is 162 cm³/mol. The highest BCUT2D eigenvalue weighted by molar-refractivity contribution is 9.10. The van der Waals surface area contributed by atoms with Gasteiger partial charge in [0.05, 0.1) is 32.9 Å². The van der Waals surface area contributed by atoms with E-state index >= 15 is 0 Å². The molecule has 0 aliphatic carbocycles. The van der Waals surface area contributed by atoms with Gasteiger partial charge in [0, 0.05) is 17.8 Å². The lowest BCUT2D eigenvalue weighted by molar-refractivity contribution is -0.139. The van der Waals surface area contributed by atoms with E-state index in [-0.39, 0.29) is 24.5 Å². The smallest absolute Gasteiger partial charge is 0.338 e. The number of hydrogen-bond acceptors (Lipinski definition) is 11. The van der Waals surface area contributed by atoms with Gasteiger partial charge < -0.3 is 23.6 Å². The summed E-state index contributed by atoms with van der Waals surface area (Å²) in [5, 5.41) is 0.838. The number of benzene rings is 1. The molecule has 1 atom stereocenters. The van der Waals surface area contributed by atoms with E-state index in [0.717, 1.165) is 18.2 Å². The molecule has 0 saturated heterocycles. The number of esters is 1. The minimum absolute atomic E-state index is 0.0954. The number of halogens is 1. The average Bonchev–Trinajstić information content (AvgIpc) is 3.65. The molecule has 0 bridgehead atoms. The van der Waals surface area contributed by atoms with Gasteiger partial charge in [-0.05, 0) is 71.7 Å². The Morgan fingerprint density at radius 3 is 2.81 bits per heavy atom. The van der Waals surface area contributed by atoms with Crippen molar-refractivity contribution in [3.8, 4) is 11.5 Å². The molecule has 14 heteroatoms. The molecule has 222 valence electrons. The van der Waals surface area contributed by atoms with Crippen molar-refractivity contribution in [2.24, 2.45) is 4.99 Å². The number of fused-ring (bicyclic) bond motifs is 2. The zero-order valence-corrected chi connectivity index (χ0v) is 26.5. The van der Waals surface area contributed by atoms with E-state index in [2.05, 4.69) is 25.9 Å². The number of aromatic amines is 1. The van der Waals surface area contributed by atoms with E-state index in [1.54, 1.807) is 38.1 Å². The van der Waals surface area contributed by atoms with Crippen LogP contribution in [0.3, 0.4) is 0 Å². The summed E-state index contributed by atoms with van der Waals surface area (Å²) in [5.74, 6) is 1.01. The second kappa shape index (κ2) is 12.0. The normalized spacial score (nSPS) is 15.9. The third kappa shape index (κ3) is 5.74. The molecule has 0 amide bonds. The van der Waals surface area contributed by atoms with Gasteiger partial charge in [-0.2, -0.15) is 0 Å². The number of carbonyl (C=O) groups is 1. The van der Waals surface area contributed by atoms with Crippen LogP contribution in [0, 0.1) is 6.92 Å². The van der Waals surface area contributed by atoms with Gasteiger partial charge in [0.15, 0.2) is 26.5 Å². The molecule has 0 spiro atoms. The van der Waals surface area contributed by atoms with E-state index < -0.39 is 12.0 Å². The van der Waals surface area contributed by atoms with Crippen LogP contribution in [0.5, 0.6) is 11.5 Å². The van der Waals surface area contributed by atoms with Crippen LogP contribution in [0.25, 0.3) is 6.08 Å². The lowest BCUT2D eigenvalue weighted by Crippen LogP contribution is -2.40. The Hall–Kier alpha value is -3.88. The monoisotopic (exact) mass is 684 g/mol. The van der Waals surface area contributed by atoms with Gasteiger partial charge in [-0.15, -0.1) is 0 Å². The summed E-state index contributed by atoms with van der Waals surface area (Å²) in [7, 11) is 0. The SMILES string of the molecule is CCCC1=C(C(=O)OCC)[C@@H](c2ccc3c(c2)OCO3)n2c(s/c(=C/c3cc(Br)c(Sc4nc(C)cc(=O)[nH]4)o3)c2=O)=N1. The topological polar surface area (TPSA) is 138 Å². The van der Waals surface area contributed by atoms with E-state index in [1.807, 2.05) is 13.0 Å². The summed E-state index contributed by atoms with van der Waals surface area (Å²) in [4.78, 5) is 51.5. The molecule has 6 rings (SSSR count). The predicted octanol–water partition coefficient (Wildman–Crippen LogP) is 4.21. The first kappa shape index (κ1) is 29.2. The molecular weight excluding hydrogens is 660 g/mol. The first-order chi connectivity index (χ1) is 20.7. The van der Waals surface area contributed by atoms with Crippen LogP contribution >= 0.6 is 39.0 Å². The molecule has 2 aliphatic heterocycles. The van der Waals surface area contributed by atoms with E-state index in [0.29, 0.717) is 70.3 Å². The number of nitrogens with one attached hydrogen (secondary N) is 1. The lowest BCUT2D eigenvalue weighted by Gasteiger charge is -2.25. The summed E-state index contributed by atoms with van der Waals surface area (Å²) in [6, 6.07) is 7.73. The number of thiazole rings is 1. The van der Waals surface area contributed by atoms with Crippen LogP contribution in [0.1, 0.15) is 49.7 Å². The molecular formula is C29H25BrN4O7S2. The quantitative estimate of drug-likeness (QED) is 0.214. The van der Waals surface area contributed by atoms with Crippen molar-refractivity contribution in [2.75, 3.05) is 13.4 Å². The van der Waals surface area contributed by atoms with Crippen LogP contribution < -0.4 is 29.9 Å². The number of allylic oxidation sites excluding steroid dienone is 1. The minimum Gasteiger partial charge on any atom is -0.463 e. The van der Waals surface area contributed by atoms with Crippen LogP contribution in [0.2, 0.25) is 0 Å². The summed E-state index contributed by atoms with van der Waals surface area (Å²) in [6.45, 7) is 5.75. The molecule has 4 aromatic rings. The van der Waals surface area contributed by atoms with Crippen molar-refractivity contribution in [3.05, 3.63) is 93.1 Å². The summed E-state index contributed by atoms with van der Waals surface area (Å²) >= 11 is 5.85. The number of ether oxygens (including phenoxy) is 3. The number of hydrogen-bond donors (Lipinski definition) is 1. The second-order valence-electron chi connectivity index (χ2n) is 9.60. The molecule has 0 fully saturated rings. The summed E-state index contributed by atoms with van der Waals surface area (Å²) in [6.07, 6.45) is 2.91. The maximum absolute atomic E-state index is 14.0. The zero-order chi connectivity index (χ0) is 30.2. The Kier molecular flexibility index (Phi) is 8.16. The Bertz CT molecular complexity index is 2020. The van der Waals surface area contributed by atoms with Gasteiger partial charge in [-0.3, -0.25) is 14.2 Å². The van der Waals surface area contributed by atoms with E-state index in [1.165, 1.54) is 22.0 Å². The van der Waals surface area contributed by atoms with Crippen molar-refractivity contribution < 1.29 is 23.4 Å². The van der Waals surface area contributed by atoms with E-state index in [9.17, 15) is 14.4 Å². The molecule has 0 unspecified atom stereocenters. The maximum Gasteiger partial charge on any atom is 0.338 e. The number of aromatic nitrogens is 3. The molecule has 3 aromatic heterocycles. The third-order valence-corrected chi connectivity index (χ3v) is 9.30. The first-order valence-corrected chi connectivity index (χ1v) is 15.8. The minimum atomic E-state index is -0.785. The Morgan fingerprint density at radius 2 is 2.05 bits per heavy atom. The van der Waals surface area contributed by atoms with Gasteiger partial charge in [-0.25, -0.2) is 14.8 Å². The molecule has 2 aliphatic rings. The molecule has 0 saturated carbocycles. The Balaban J connectivity index is 1.47. The van der Waals surface area contributed by atoms with Crippen LogP contribution in [0.15, 0.2) is 75.3 Å². The largest absolute Gasteiger partial charge is 0.463 e. The molecule has 0 radical (unpaired) electrons. The average molecular weight is 686 g/mol. The van der Waals surface area contributed by atoms with Gasteiger partial charge in [0.1, 0.15) is 5.76 Å².